The van der Waals surface area contributed by atoms with E-state index < -0.39 is 11.9 Å². The van der Waals surface area contributed by atoms with E-state index in [4.69, 9.17) is 14.2 Å². The Morgan fingerprint density at radius 3 is 2.22 bits per heavy atom. The van der Waals surface area contributed by atoms with Crippen molar-refractivity contribution >= 4 is 11.9 Å². The van der Waals surface area contributed by atoms with Crippen molar-refractivity contribution in [1.29, 1.82) is 0 Å². The molecule has 2 aromatic rings. The quantitative estimate of drug-likeness (QED) is 0.640. The van der Waals surface area contributed by atoms with Gasteiger partial charge in [0.15, 0.2) is 11.5 Å². The highest BCUT2D eigenvalue weighted by molar-refractivity contribution is 5.92. The van der Waals surface area contributed by atoms with Gasteiger partial charge in [0.05, 0.1) is 18.2 Å². The van der Waals surface area contributed by atoms with Crippen LogP contribution in [0.5, 0.6) is 17.2 Å². The van der Waals surface area contributed by atoms with Crippen molar-refractivity contribution in [2.45, 2.75) is 0 Å². The number of fused-ring (bicyclic) bond motifs is 1. The molecule has 6 nitrogen and oxygen atoms in total. The second kappa shape index (κ2) is 6.39. The molecule has 0 bridgehead atoms. The van der Waals surface area contributed by atoms with Crippen molar-refractivity contribution in [3.8, 4) is 17.2 Å². The van der Waals surface area contributed by atoms with Gasteiger partial charge < -0.3 is 18.9 Å². The van der Waals surface area contributed by atoms with E-state index in [2.05, 4.69) is 4.74 Å². The normalized spacial score (nSPS) is 12.4. The molecule has 0 unspecified atom stereocenters. The third-order valence-electron chi connectivity index (χ3n) is 3.26. The molecule has 0 saturated carbocycles. The molecule has 0 N–H and O–H groups in total. The lowest BCUT2D eigenvalue weighted by Crippen LogP contribution is -2.16. The first-order chi connectivity index (χ1) is 11.2. The molecule has 118 valence electrons. The molecule has 0 atom stereocenters. The van der Waals surface area contributed by atoms with E-state index >= 15 is 0 Å². The number of esters is 2. The Kier molecular flexibility index (Phi) is 4.14. The van der Waals surface area contributed by atoms with E-state index in [1.54, 1.807) is 18.2 Å². The van der Waals surface area contributed by atoms with Crippen LogP contribution in [0, 0.1) is 0 Å². The van der Waals surface area contributed by atoms with E-state index in [1.165, 1.54) is 31.4 Å². The Morgan fingerprint density at radius 2 is 1.52 bits per heavy atom. The highest BCUT2D eigenvalue weighted by Gasteiger charge is 2.16. The number of methoxy groups -OCH3 is 1. The Morgan fingerprint density at radius 1 is 0.870 bits per heavy atom. The van der Waals surface area contributed by atoms with Gasteiger partial charge in [-0.2, -0.15) is 0 Å². The van der Waals surface area contributed by atoms with Crippen molar-refractivity contribution < 1.29 is 28.5 Å². The standard InChI is InChI=1S/C17H14O6/c1-20-16(18)11-2-5-13(6-3-11)23-17(19)12-4-7-14-15(10-12)22-9-8-21-14/h2-7,10H,8-9H2,1H3. The summed E-state index contributed by atoms with van der Waals surface area (Å²) in [7, 11) is 1.30. The molecule has 3 rings (SSSR count). The molecule has 0 aromatic heterocycles. The van der Waals surface area contributed by atoms with E-state index in [0.29, 0.717) is 41.6 Å². The number of benzene rings is 2. The van der Waals surface area contributed by atoms with E-state index in [1.807, 2.05) is 0 Å². The molecule has 0 aliphatic carbocycles. The third kappa shape index (κ3) is 3.26. The van der Waals surface area contributed by atoms with E-state index in [0.717, 1.165) is 0 Å². The van der Waals surface area contributed by atoms with Gasteiger partial charge in [0.1, 0.15) is 19.0 Å². The summed E-state index contributed by atoms with van der Waals surface area (Å²) in [5, 5.41) is 0. The van der Waals surface area contributed by atoms with Crippen molar-refractivity contribution in [1.82, 2.24) is 0 Å². The fourth-order valence-electron chi connectivity index (χ4n) is 2.11. The molecule has 1 heterocycles. The average molecular weight is 314 g/mol. The predicted molar refractivity (Wildman–Crippen MR) is 80.2 cm³/mol. The first kappa shape index (κ1) is 14.9. The lowest BCUT2D eigenvalue weighted by molar-refractivity contribution is 0.0600. The van der Waals surface area contributed by atoms with Gasteiger partial charge in [-0.15, -0.1) is 0 Å². The monoisotopic (exact) mass is 314 g/mol. The third-order valence-corrected chi connectivity index (χ3v) is 3.26. The minimum atomic E-state index is -0.521. The van der Waals surface area contributed by atoms with Crippen molar-refractivity contribution in [2.24, 2.45) is 0 Å². The number of carbonyl (C=O) groups is 2. The molecule has 0 radical (unpaired) electrons. The van der Waals surface area contributed by atoms with E-state index in [-0.39, 0.29) is 0 Å². The predicted octanol–water partition coefficient (Wildman–Crippen LogP) is 2.46. The molecule has 0 amide bonds. The van der Waals surface area contributed by atoms with Crippen molar-refractivity contribution in [3.05, 3.63) is 53.6 Å². The largest absolute Gasteiger partial charge is 0.486 e. The molecular formula is C17H14O6. The van der Waals surface area contributed by atoms with Gasteiger partial charge >= 0.3 is 11.9 Å². The number of ether oxygens (including phenoxy) is 4. The molecule has 23 heavy (non-hydrogen) atoms. The summed E-state index contributed by atoms with van der Waals surface area (Å²) in [6.45, 7) is 0.934. The maximum Gasteiger partial charge on any atom is 0.343 e. The molecule has 1 aliphatic heterocycles. The van der Waals surface area contributed by atoms with Crippen LogP contribution >= 0.6 is 0 Å². The summed E-state index contributed by atoms with van der Waals surface area (Å²) in [4.78, 5) is 23.5. The second-order valence-corrected chi connectivity index (χ2v) is 4.76. The zero-order chi connectivity index (χ0) is 16.2. The topological polar surface area (TPSA) is 71.1 Å². The summed E-state index contributed by atoms with van der Waals surface area (Å²) in [5.74, 6) is 0.488. The van der Waals surface area contributed by atoms with Crippen LogP contribution in [0.4, 0.5) is 0 Å². The highest BCUT2D eigenvalue weighted by Crippen LogP contribution is 2.31. The van der Waals surface area contributed by atoms with Gasteiger partial charge in [-0.05, 0) is 42.5 Å². The number of hydrogen-bond donors (Lipinski definition) is 0. The number of carbonyl (C=O) groups excluding carboxylic acids is 2. The maximum atomic E-state index is 12.2. The summed E-state index contributed by atoms with van der Waals surface area (Å²) in [6.07, 6.45) is 0. The van der Waals surface area contributed by atoms with E-state index in [9.17, 15) is 9.59 Å². The molecule has 1 aliphatic rings. The Labute approximate surface area is 132 Å². The fourth-order valence-corrected chi connectivity index (χ4v) is 2.11. The number of rotatable bonds is 3. The van der Waals surface area contributed by atoms with Gasteiger partial charge in [0.2, 0.25) is 0 Å². The van der Waals surface area contributed by atoms with Crippen LogP contribution in [0.2, 0.25) is 0 Å². The van der Waals surface area contributed by atoms with Crippen molar-refractivity contribution in [3.63, 3.8) is 0 Å². The summed E-state index contributed by atoms with van der Waals surface area (Å²) in [6, 6.07) is 11.0. The lowest BCUT2D eigenvalue weighted by atomic mass is 10.2. The first-order valence-corrected chi connectivity index (χ1v) is 6.97. The van der Waals surface area contributed by atoms with Crippen LogP contribution in [-0.2, 0) is 4.74 Å². The minimum Gasteiger partial charge on any atom is -0.486 e. The summed E-state index contributed by atoms with van der Waals surface area (Å²) in [5.41, 5.74) is 0.734. The molecule has 2 aromatic carbocycles. The molecule has 0 fully saturated rings. The summed E-state index contributed by atoms with van der Waals surface area (Å²) >= 11 is 0. The molecule has 0 spiro atoms. The molecular weight excluding hydrogens is 300 g/mol. The van der Waals surface area contributed by atoms with Gasteiger partial charge in [-0.1, -0.05) is 0 Å². The van der Waals surface area contributed by atoms with Crippen LogP contribution in [0.1, 0.15) is 20.7 Å². The summed E-state index contributed by atoms with van der Waals surface area (Å²) < 4.78 is 20.7. The zero-order valence-electron chi connectivity index (χ0n) is 12.4. The van der Waals surface area contributed by atoms with Crippen LogP contribution in [-0.4, -0.2) is 32.3 Å². The Balaban J connectivity index is 1.72. The zero-order valence-corrected chi connectivity index (χ0v) is 12.4. The van der Waals surface area contributed by atoms with Crippen LogP contribution < -0.4 is 14.2 Å². The van der Waals surface area contributed by atoms with Gasteiger partial charge in [0, 0.05) is 0 Å². The number of hydrogen-bond acceptors (Lipinski definition) is 6. The first-order valence-electron chi connectivity index (χ1n) is 6.97. The van der Waals surface area contributed by atoms with Gasteiger partial charge in [0.25, 0.3) is 0 Å². The SMILES string of the molecule is COC(=O)c1ccc(OC(=O)c2ccc3c(c2)OCCO3)cc1. The minimum absolute atomic E-state index is 0.331. The fraction of sp³-hybridized carbons (Fsp3) is 0.176. The highest BCUT2D eigenvalue weighted by atomic mass is 16.6. The van der Waals surface area contributed by atoms with Crippen molar-refractivity contribution in [2.75, 3.05) is 20.3 Å². The van der Waals surface area contributed by atoms with Crippen LogP contribution in [0.25, 0.3) is 0 Å². The average Bonchev–Trinajstić information content (AvgIpc) is 2.61. The maximum absolute atomic E-state index is 12.2. The van der Waals surface area contributed by atoms with Gasteiger partial charge in [-0.3, -0.25) is 0 Å². The molecule has 6 heteroatoms. The Bertz CT molecular complexity index is 735. The smallest absolute Gasteiger partial charge is 0.343 e. The second-order valence-electron chi connectivity index (χ2n) is 4.76. The van der Waals surface area contributed by atoms with Crippen LogP contribution in [0.3, 0.4) is 0 Å². The lowest BCUT2D eigenvalue weighted by Gasteiger charge is -2.18. The molecule has 0 saturated heterocycles. The van der Waals surface area contributed by atoms with Gasteiger partial charge in [-0.25, -0.2) is 9.59 Å². The van der Waals surface area contributed by atoms with Crippen LogP contribution in [0.15, 0.2) is 42.5 Å². The Hall–Kier alpha value is -3.02.